The zero-order valence-electron chi connectivity index (χ0n) is 12.3. The largest absolute Gasteiger partial charge is 0.338 e. The monoisotopic (exact) mass is 373 g/mol. The summed E-state index contributed by atoms with van der Waals surface area (Å²) < 4.78 is 23.2. The molecular formula is C15H20BrNO3S. The Labute approximate surface area is 134 Å². The number of carbonyl (C=O) groups excluding carboxylic acids is 1. The van der Waals surface area contributed by atoms with E-state index in [4.69, 9.17) is 0 Å². The number of amides is 1. The lowest BCUT2D eigenvalue weighted by Crippen LogP contribution is -2.44. The minimum Gasteiger partial charge on any atom is -0.338 e. The van der Waals surface area contributed by atoms with Gasteiger partial charge in [0.05, 0.1) is 4.90 Å². The lowest BCUT2D eigenvalue weighted by Gasteiger charge is -2.35. The van der Waals surface area contributed by atoms with E-state index in [1.54, 1.807) is 24.1 Å². The quantitative estimate of drug-likeness (QED) is 0.765. The summed E-state index contributed by atoms with van der Waals surface area (Å²) in [6, 6.07) is 6.41. The molecule has 1 fully saturated rings. The van der Waals surface area contributed by atoms with E-state index in [1.165, 1.54) is 18.6 Å². The molecule has 1 aliphatic carbocycles. The van der Waals surface area contributed by atoms with Crippen molar-refractivity contribution in [3.8, 4) is 0 Å². The summed E-state index contributed by atoms with van der Waals surface area (Å²) in [5.41, 5.74) is 0.422. The SMILES string of the molecule is CN(C(=O)c1cccc(S(C)(=O)=O)c1)C1CCCCC1Br. The smallest absolute Gasteiger partial charge is 0.253 e. The Morgan fingerprint density at radius 3 is 2.57 bits per heavy atom. The number of hydrogen-bond acceptors (Lipinski definition) is 3. The van der Waals surface area contributed by atoms with Crippen LogP contribution in [0.25, 0.3) is 0 Å². The molecule has 2 atom stereocenters. The fourth-order valence-corrected chi connectivity index (χ4v) is 4.33. The molecule has 2 unspecified atom stereocenters. The maximum Gasteiger partial charge on any atom is 0.253 e. The van der Waals surface area contributed by atoms with Crippen LogP contribution in [0, 0.1) is 0 Å². The second kappa shape index (κ2) is 6.48. The van der Waals surface area contributed by atoms with Crippen molar-refractivity contribution >= 4 is 31.7 Å². The summed E-state index contributed by atoms with van der Waals surface area (Å²) in [5.74, 6) is -0.128. The van der Waals surface area contributed by atoms with Crippen molar-refractivity contribution in [2.45, 2.75) is 41.4 Å². The fraction of sp³-hybridized carbons (Fsp3) is 0.533. The van der Waals surface area contributed by atoms with E-state index in [0.717, 1.165) is 25.5 Å². The van der Waals surface area contributed by atoms with Gasteiger partial charge in [-0.15, -0.1) is 0 Å². The summed E-state index contributed by atoms with van der Waals surface area (Å²) >= 11 is 3.65. The molecule has 0 bridgehead atoms. The van der Waals surface area contributed by atoms with Gasteiger partial charge < -0.3 is 4.90 Å². The summed E-state index contributed by atoms with van der Waals surface area (Å²) in [4.78, 5) is 14.8. The van der Waals surface area contributed by atoms with Gasteiger partial charge in [-0.2, -0.15) is 0 Å². The van der Waals surface area contributed by atoms with E-state index < -0.39 is 9.84 Å². The van der Waals surface area contributed by atoms with E-state index in [1.807, 2.05) is 0 Å². The van der Waals surface area contributed by atoms with Crippen molar-refractivity contribution in [2.75, 3.05) is 13.3 Å². The lowest BCUT2D eigenvalue weighted by molar-refractivity contribution is 0.0704. The van der Waals surface area contributed by atoms with E-state index >= 15 is 0 Å². The third kappa shape index (κ3) is 3.86. The summed E-state index contributed by atoms with van der Waals surface area (Å²) in [6.07, 6.45) is 5.48. The Kier molecular flexibility index (Phi) is 5.09. The van der Waals surface area contributed by atoms with Gasteiger partial charge in [0.1, 0.15) is 0 Å². The number of carbonyl (C=O) groups is 1. The number of sulfone groups is 1. The first-order valence-corrected chi connectivity index (χ1v) is 9.83. The first-order chi connectivity index (χ1) is 9.80. The van der Waals surface area contributed by atoms with Gasteiger partial charge in [0.15, 0.2) is 9.84 Å². The predicted octanol–water partition coefficient (Wildman–Crippen LogP) is 2.87. The molecule has 2 rings (SSSR count). The first-order valence-electron chi connectivity index (χ1n) is 7.02. The molecule has 0 radical (unpaired) electrons. The summed E-state index contributed by atoms with van der Waals surface area (Å²) in [7, 11) is -1.51. The van der Waals surface area contributed by atoms with E-state index in [0.29, 0.717) is 10.4 Å². The van der Waals surface area contributed by atoms with Crippen molar-refractivity contribution in [1.82, 2.24) is 4.90 Å². The van der Waals surface area contributed by atoms with Crippen LogP contribution in [0.4, 0.5) is 0 Å². The summed E-state index contributed by atoms with van der Waals surface area (Å²) in [6.45, 7) is 0. The minimum atomic E-state index is -3.30. The summed E-state index contributed by atoms with van der Waals surface area (Å²) in [5, 5.41) is 0. The van der Waals surface area contributed by atoms with Crippen molar-refractivity contribution in [1.29, 1.82) is 0 Å². The number of hydrogen-bond donors (Lipinski definition) is 0. The number of alkyl halides is 1. The Bertz CT molecular complexity index is 630. The van der Waals surface area contributed by atoms with Crippen LogP contribution >= 0.6 is 15.9 Å². The molecule has 1 saturated carbocycles. The van der Waals surface area contributed by atoms with Gasteiger partial charge in [0.25, 0.3) is 5.91 Å². The van der Waals surface area contributed by atoms with Crippen molar-refractivity contribution in [3.05, 3.63) is 29.8 Å². The molecule has 1 aliphatic rings. The van der Waals surface area contributed by atoms with Gasteiger partial charge >= 0.3 is 0 Å². The van der Waals surface area contributed by atoms with Crippen LogP contribution in [0.3, 0.4) is 0 Å². The average Bonchev–Trinajstić information content (AvgIpc) is 2.45. The Hall–Kier alpha value is -0.880. The minimum absolute atomic E-state index is 0.128. The lowest BCUT2D eigenvalue weighted by atomic mass is 9.94. The van der Waals surface area contributed by atoms with E-state index in [9.17, 15) is 13.2 Å². The average molecular weight is 374 g/mol. The highest BCUT2D eigenvalue weighted by atomic mass is 79.9. The predicted molar refractivity (Wildman–Crippen MR) is 86.6 cm³/mol. The molecule has 6 heteroatoms. The second-order valence-electron chi connectivity index (χ2n) is 5.58. The van der Waals surface area contributed by atoms with Crippen molar-refractivity contribution in [3.63, 3.8) is 0 Å². The Morgan fingerprint density at radius 2 is 1.95 bits per heavy atom. The molecule has 0 spiro atoms. The topological polar surface area (TPSA) is 54.5 Å². The van der Waals surface area contributed by atoms with Gasteiger partial charge in [0, 0.05) is 29.7 Å². The van der Waals surface area contributed by atoms with Crippen LogP contribution in [0.2, 0.25) is 0 Å². The maximum atomic E-state index is 12.6. The van der Waals surface area contributed by atoms with Crippen molar-refractivity contribution < 1.29 is 13.2 Å². The van der Waals surface area contributed by atoms with Crippen molar-refractivity contribution in [2.24, 2.45) is 0 Å². The van der Waals surface area contributed by atoms with Gasteiger partial charge in [-0.25, -0.2) is 8.42 Å². The van der Waals surface area contributed by atoms with E-state index in [2.05, 4.69) is 15.9 Å². The third-order valence-electron chi connectivity index (χ3n) is 3.97. The first kappa shape index (κ1) is 16.5. The highest BCUT2D eigenvalue weighted by molar-refractivity contribution is 9.09. The van der Waals surface area contributed by atoms with Crippen LogP contribution in [0.15, 0.2) is 29.2 Å². The Morgan fingerprint density at radius 1 is 1.29 bits per heavy atom. The Balaban J connectivity index is 2.23. The van der Waals surface area contributed by atoms with Crippen LogP contribution < -0.4 is 0 Å². The van der Waals surface area contributed by atoms with Gasteiger partial charge in [0.2, 0.25) is 0 Å². The molecule has 0 saturated heterocycles. The molecule has 21 heavy (non-hydrogen) atoms. The molecule has 0 N–H and O–H groups in total. The zero-order valence-corrected chi connectivity index (χ0v) is 14.7. The highest BCUT2D eigenvalue weighted by Crippen LogP contribution is 2.28. The highest BCUT2D eigenvalue weighted by Gasteiger charge is 2.29. The molecule has 0 aliphatic heterocycles. The fourth-order valence-electron chi connectivity index (χ4n) is 2.72. The molecule has 0 aromatic heterocycles. The number of benzene rings is 1. The van der Waals surface area contributed by atoms with Gasteiger partial charge in [-0.05, 0) is 31.0 Å². The number of rotatable bonds is 3. The standard InChI is InChI=1S/C15H20BrNO3S/c1-17(14-9-4-3-8-13(14)16)15(18)11-6-5-7-12(10-11)21(2,19)20/h5-7,10,13-14H,3-4,8-9H2,1-2H3. The molecule has 4 nitrogen and oxygen atoms in total. The molecule has 1 aromatic carbocycles. The zero-order chi connectivity index (χ0) is 15.6. The molecule has 116 valence electrons. The van der Waals surface area contributed by atoms with Crippen LogP contribution in [-0.4, -0.2) is 43.4 Å². The molecule has 0 heterocycles. The normalized spacial score (nSPS) is 22.8. The van der Waals surface area contributed by atoms with Crippen LogP contribution in [0.5, 0.6) is 0 Å². The molecule has 1 amide bonds. The second-order valence-corrected chi connectivity index (χ2v) is 8.78. The van der Waals surface area contributed by atoms with Gasteiger partial charge in [-0.1, -0.05) is 34.8 Å². The van der Waals surface area contributed by atoms with Crippen LogP contribution in [-0.2, 0) is 9.84 Å². The number of halogens is 1. The molecular weight excluding hydrogens is 354 g/mol. The molecule has 1 aromatic rings. The maximum absolute atomic E-state index is 12.6. The van der Waals surface area contributed by atoms with E-state index in [-0.39, 0.29) is 16.8 Å². The van der Waals surface area contributed by atoms with Gasteiger partial charge in [-0.3, -0.25) is 4.79 Å². The number of nitrogens with zero attached hydrogens (tertiary/aromatic N) is 1. The third-order valence-corrected chi connectivity index (χ3v) is 6.15. The van der Waals surface area contributed by atoms with Crippen LogP contribution in [0.1, 0.15) is 36.0 Å².